The van der Waals surface area contributed by atoms with Crippen molar-refractivity contribution >= 4 is 50.8 Å². The zero-order valence-electron chi connectivity index (χ0n) is 17.9. The van der Waals surface area contributed by atoms with Crippen LogP contribution in [0.15, 0.2) is 46.9 Å². The van der Waals surface area contributed by atoms with Gasteiger partial charge in [-0.15, -0.1) is 0 Å². The Morgan fingerprint density at radius 2 is 1.94 bits per heavy atom. The SMILES string of the molecule is CC(C)Oc1ccc(Br)cc1C(=O)NC(=S)Nc1ccc(C(=O)NCC2CCCO2)cc1. The lowest BCUT2D eigenvalue weighted by molar-refractivity contribution is 0.0857. The second-order valence-corrected chi connectivity index (χ2v) is 8.96. The molecule has 170 valence electrons. The van der Waals surface area contributed by atoms with Crippen molar-refractivity contribution in [1.82, 2.24) is 10.6 Å². The van der Waals surface area contributed by atoms with Crippen LogP contribution in [0.5, 0.6) is 5.75 Å². The maximum absolute atomic E-state index is 12.7. The van der Waals surface area contributed by atoms with E-state index in [1.807, 2.05) is 19.9 Å². The van der Waals surface area contributed by atoms with E-state index in [2.05, 4.69) is 31.9 Å². The van der Waals surface area contributed by atoms with E-state index in [4.69, 9.17) is 21.7 Å². The molecule has 1 saturated heterocycles. The fourth-order valence-electron chi connectivity index (χ4n) is 3.19. The Labute approximate surface area is 201 Å². The van der Waals surface area contributed by atoms with E-state index in [1.165, 1.54) is 0 Å². The van der Waals surface area contributed by atoms with Gasteiger partial charge in [-0.1, -0.05) is 15.9 Å². The number of thiocarbonyl (C=S) groups is 1. The molecule has 1 fully saturated rings. The molecule has 1 unspecified atom stereocenters. The first-order valence-corrected chi connectivity index (χ1v) is 11.6. The van der Waals surface area contributed by atoms with E-state index in [0.29, 0.717) is 29.1 Å². The van der Waals surface area contributed by atoms with Crippen molar-refractivity contribution in [2.24, 2.45) is 0 Å². The van der Waals surface area contributed by atoms with E-state index in [-0.39, 0.29) is 29.1 Å². The van der Waals surface area contributed by atoms with Crippen LogP contribution in [0, 0.1) is 0 Å². The number of ether oxygens (including phenoxy) is 2. The predicted molar refractivity (Wildman–Crippen MR) is 131 cm³/mol. The summed E-state index contributed by atoms with van der Waals surface area (Å²) in [7, 11) is 0. The number of hydrogen-bond acceptors (Lipinski definition) is 5. The van der Waals surface area contributed by atoms with Gasteiger partial charge in [-0.2, -0.15) is 0 Å². The van der Waals surface area contributed by atoms with Crippen LogP contribution in [-0.2, 0) is 4.74 Å². The van der Waals surface area contributed by atoms with Gasteiger partial charge < -0.3 is 20.1 Å². The Hall–Kier alpha value is -2.49. The summed E-state index contributed by atoms with van der Waals surface area (Å²) in [4.78, 5) is 25.0. The summed E-state index contributed by atoms with van der Waals surface area (Å²) in [6.45, 7) is 5.04. The molecular weight excluding hydrogens is 494 g/mol. The molecule has 0 aromatic heterocycles. The second-order valence-electron chi connectivity index (χ2n) is 7.64. The number of rotatable bonds is 7. The van der Waals surface area contributed by atoms with Crippen LogP contribution in [0.3, 0.4) is 0 Å². The highest BCUT2D eigenvalue weighted by atomic mass is 79.9. The average molecular weight is 520 g/mol. The molecule has 1 aliphatic heterocycles. The molecule has 1 atom stereocenters. The van der Waals surface area contributed by atoms with Crippen molar-refractivity contribution in [1.29, 1.82) is 0 Å². The Balaban J connectivity index is 1.55. The van der Waals surface area contributed by atoms with Crippen LogP contribution < -0.4 is 20.7 Å². The standard InChI is InChI=1S/C23H26BrN3O4S/c1-14(2)31-20-10-7-16(24)12-19(20)22(29)27-23(32)26-17-8-5-15(6-9-17)21(28)25-13-18-4-3-11-30-18/h5-10,12,14,18H,3-4,11,13H2,1-2H3,(H,25,28)(H2,26,27,29,32). The number of carbonyl (C=O) groups excluding carboxylic acids is 2. The minimum atomic E-state index is -0.385. The molecule has 0 spiro atoms. The Bertz CT molecular complexity index is 976. The molecule has 7 nitrogen and oxygen atoms in total. The molecule has 2 amide bonds. The van der Waals surface area contributed by atoms with Crippen molar-refractivity contribution in [3.8, 4) is 5.75 Å². The zero-order chi connectivity index (χ0) is 23.1. The largest absolute Gasteiger partial charge is 0.490 e. The summed E-state index contributed by atoms with van der Waals surface area (Å²) in [5.74, 6) is -0.0679. The normalized spacial score (nSPS) is 15.3. The van der Waals surface area contributed by atoms with E-state index in [0.717, 1.165) is 23.9 Å². The number of carbonyl (C=O) groups is 2. The molecule has 1 aliphatic rings. The maximum Gasteiger partial charge on any atom is 0.261 e. The highest BCUT2D eigenvalue weighted by molar-refractivity contribution is 9.10. The fourth-order valence-corrected chi connectivity index (χ4v) is 3.76. The molecule has 9 heteroatoms. The lowest BCUT2D eigenvalue weighted by Crippen LogP contribution is -2.34. The van der Waals surface area contributed by atoms with Crippen LogP contribution in [-0.4, -0.2) is 42.3 Å². The average Bonchev–Trinajstić information content (AvgIpc) is 3.27. The van der Waals surface area contributed by atoms with E-state index in [9.17, 15) is 9.59 Å². The molecule has 3 N–H and O–H groups in total. The van der Waals surface area contributed by atoms with Crippen LogP contribution >= 0.6 is 28.1 Å². The highest BCUT2D eigenvalue weighted by Crippen LogP contribution is 2.24. The van der Waals surface area contributed by atoms with Gasteiger partial charge >= 0.3 is 0 Å². The number of benzene rings is 2. The third kappa shape index (κ3) is 7.01. The minimum absolute atomic E-state index is 0.0748. The lowest BCUT2D eigenvalue weighted by atomic mass is 10.2. The minimum Gasteiger partial charge on any atom is -0.490 e. The highest BCUT2D eigenvalue weighted by Gasteiger charge is 2.17. The molecule has 32 heavy (non-hydrogen) atoms. The molecule has 0 saturated carbocycles. The van der Waals surface area contributed by atoms with Crippen molar-refractivity contribution in [2.75, 3.05) is 18.5 Å². The third-order valence-electron chi connectivity index (χ3n) is 4.70. The lowest BCUT2D eigenvalue weighted by Gasteiger charge is -2.15. The van der Waals surface area contributed by atoms with Gasteiger partial charge in [-0.25, -0.2) is 0 Å². The molecule has 0 bridgehead atoms. The summed E-state index contributed by atoms with van der Waals surface area (Å²) < 4.78 is 12.0. The maximum atomic E-state index is 12.7. The summed E-state index contributed by atoms with van der Waals surface area (Å²) in [5, 5.41) is 8.64. The number of anilines is 1. The van der Waals surface area contributed by atoms with Crippen molar-refractivity contribution in [3.05, 3.63) is 58.1 Å². The van der Waals surface area contributed by atoms with Crippen molar-refractivity contribution < 1.29 is 19.1 Å². The quantitative estimate of drug-likeness (QED) is 0.473. The van der Waals surface area contributed by atoms with Crippen LogP contribution in [0.1, 0.15) is 47.4 Å². The predicted octanol–water partition coefficient (Wildman–Crippen LogP) is 4.27. The number of hydrogen-bond donors (Lipinski definition) is 3. The summed E-state index contributed by atoms with van der Waals surface area (Å²) in [6.07, 6.45) is 2.02. The first-order valence-electron chi connectivity index (χ1n) is 10.4. The topological polar surface area (TPSA) is 88.7 Å². The van der Waals surface area contributed by atoms with E-state index >= 15 is 0 Å². The summed E-state index contributed by atoms with van der Waals surface area (Å²) in [6, 6.07) is 12.1. The molecule has 0 radical (unpaired) electrons. The second kappa shape index (κ2) is 11.4. The molecule has 3 rings (SSSR count). The van der Waals surface area contributed by atoms with Gasteiger partial charge in [0.2, 0.25) is 0 Å². The molecule has 2 aromatic carbocycles. The monoisotopic (exact) mass is 519 g/mol. The number of amides is 2. The Morgan fingerprint density at radius 3 is 2.59 bits per heavy atom. The fraction of sp³-hybridized carbons (Fsp3) is 0.348. The summed E-state index contributed by atoms with van der Waals surface area (Å²) in [5.41, 5.74) is 1.56. The number of halogens is 1. The smallest absolute Gasteiger partial charge is 0.261 e. The number of nitrogens with one attached hydrogen (secondary N) is 3. The van der Waals surface area contributed by atoms with Gasteiger partial charge in [0.05, 0.1) is 17.8 Å². The van der Waals surface area contributed by atoms with Crippen LogP contribution in [0.25, 0.3) is 0 Å². The van der Waals surface area contributed by atoms with Crippen LogP contribution in [0.4, 0.5) is 5.69 Å². The molecule has 0 aliphatic carbocycles. The molecule has 1 heterocycles. The van der Waals surface area contributed by atoms with Gasteiger partial charge in [0, 0.05) is 28.9 Å². The van der Waals surface area contributed by atoms with E-state index in [1.54, 1.807) is 36.4 Å². The summed E-state index contributed by atoms with van der Waals surface area (Å²) >= 11 is 8.65. The molecular formula is C23H26BrN3O4S. The first kappa shape index (κ1) is 24.2. The van der Waals surface area contributed by atoms with Gasteiger partial charge in [-0.3, -0.25) is 14.9 Å². The van der Waals surface area contributed by atoms with E-state index < -0.39 is 0 Å². The van der Waals surface area contributed by atoms with Gasteiger partial charge in [0.1, 0.15) is 5.75 Å². The van der Waals surface area contributed by atoms with Crippen molar-refractivity contribution in [3.63, 3.8) is 0 Å². The molecule has 2 aromatic rings. The Kier molecular flexibility index (Phi) is 8.60. The van der Waals surface area contributed by atoms with Gasteiger partial charge in [0.15, 0.2) is 5.11 Å². The Morgan fingerprint density at radius 1 is 1.19 bits per heavy atom. The van der Waals surface area contributed by atoms with Crippen LogP contribution in [0.2, 0.25) is 0 Å². The van der Waals surface area contributed by atoms with Crippen molar-refractivity contribution in [2.45, 2.75) is 38.9 Å². The third-order valence-corrected chi connectivity index (χ3v) is 5.39. The van der Waals surface area contributed by atoms with Gasteiger partial charge in [0.25, 0.3) is 11.8 Å². The first-order chi connectivity index (χ1) is 15.3. The van der Waals surface area contributed by atoms with Gasteiger partial charge in [-0.05, 0) is 81.4 Å². The zero-order valence-corrected chi connectivity index (χ0v) is 20.3.